The van der Waals surface area contributed by atoms with E-state index in [-0.39, 0.29) is 0 Å². The van der Waals surface area contributed by atoms with Gasteiger partial charge in [0.25, 0.3) is 0 Å². The van der Waals surface area contributed by atoms with E-state index in [4.69, 9.17) is 5.73 Å². The van der Waals surface area contributed by atoms with Gasteiger partial charge in [0.05, 0.1) is 11.0 Å². The van der Waals surface area contributed by atoms with Crippen LogP contribution in [0.4, 0.5) is 0 Å². The lowest BCUT2D eigenvalue weighted by atomic mass is 10.2. The Morgan fingerprint density at radius 3 is 2.30 bits per heavy atom. The molecular formula is C22H19N3OS. The Morgan fingerprint density at radius 2 is 1.67 bits per heavy atom. The molecule has 0 aliphatic carbocycles. The summed E-state index contributed by atoms with van der Waals surface area (Å²) in [7, 11) is 0. The van der Waals surface area contributed by atoms with Crippen LogP contribution < -0.4 is 5.73 Å². The summed E-state index contributed by atoms with van der Waals surface area (Å²) in [5.74, 6) is 0.330. The van der Waals surface area contributed by atoms with Gasteiger partial charge in [0.1, 0.15) is 5.82 Å². The predicted molar refractivity (Wildman–Crippen MR) is 110 cm³/mol. The lowest BCUT2D eigenvalue weighted by Crippen LogP contribution is -2.10. The number of H-pyrrole nitrogens is 1. The summed E-state index contributed by atoms with van der Waals surface area (Å²) in [5.41, 5.74) is 9.77. The van der Waals surface area contributed by atoms with E-state index in [9.17, 15) is 4.79 Å². The van der Waals surface area contributed by atoms with Crippen LogP contribution in [0.3, 0.4) is 0 Å². The highest BCUT2D eigenvalue weighted by atomic mass is 32.2. The molecule has 0 aliphatic rings. The van der Waals surface area contributed by atoms with E-state index in [2.05, 4.69) is 65.4 Å². The number of nitrogens with two attached hydrogens (primary N) is 1. The number of nitrogens with one attached hydrogen (secondary N) is 1. The van der Waals surface area contributed by atoms with Crippen LogP contribution in [-0.4, -0.2) is 15.9 Å². The second kappa shape index (κ2) is 7.29. The van der Waals surface area contributed by atoms with Gasteiger partial charge in [-0.3, -0.25) is 4.79 Å². The number of carbonyl (C=O) groups is 1. The quantitative estimate of drug-likeness (QED) is 0.515. The largest absolute Gasteiger partial charge is 0.366 e. The number of carbonyl (C=O) groups excluding carboxylic acids is 1. The Kier molecular flexibility index (Phi) is 4.69. The van der Waals surface area contributed by atoms with Crippen molar-refractivity contribution in [2.24, 2.45) is 5.73 Å². The van der Waals surface area contributed by atoms with Crippen molar-refractivity contribution in [2.45, 2.75) is 23.1 Å². The zero-order valence-electron chi connectivity index (χ0n) is 14.9. The van der Waals surface area contributed by atoms with Crippen LogP contribution in [0, 0.1) is 0 Å². The standard InChI is InChI=1S/C22H19N3OS/c1-2-14-3-8-17(9-4-14)27-18-10-5-15(6-11-18)22-24-19-12-7-16(21(23)26)13-20(19)25-22/h3-13H,2H2,1H3,(H2,23,26)(H,24,25). The average molecular weight is 373 g/mol. The number of aromatic amines is 1. The van der Waals surface area contributed by atoms with Crippen LogP contribution in [-0.2, 0) is 6.42 Å². The number of aryl methyl sites for hydroxylation is 1. The number of aromatic nitrogens is 2. The van der Waals surface area contributed by atoms with Crippen molar-refractivity contribution >= 4 is 28.7 Å². The average Bonchev–Trinajstić information content (AvgIpc) is 3.12. The Balaban J connectivity index is 1.56. The molecular weight excluding hydrogens is 354 g/mol. The minimum absolute atomic E-state index is 0.443. The van der Waals surface area contributed by atoms with Crippen LogP contribution in [0.5, 0.6) is 0 Å². The van der Waals surface area contributed by atoms with Gasteiger partial charge in [-0.05, 0) is 54.4 Å². The van der Waals surface area contributed by atoms with Crippen molar-refractivity contribution in [2.75, 3.05) is 0 Å². The minimum atomic E-state index is -0.443. The number of nitrogens with zero attached hydrogens (tertiary/aromatic N) is 1. The smallest absolute Gasteiger partial charge is 0.248 e. The number of hydrogen-bond acceptors (Lipinski definition) is 3. The van der Waals surface area contributed by atoms with Gasteiger partial charge < -0.3 is 10.7 Å². The Morgan fingerprint density at radius 1 is 1.00 bits per heavy atom. The summed E-state index contributed by atoms with van der Waals surface area (Å²) in [5, 5.41) is 0. The molecule has 0 bridgehead atoms. The normalized spacial score (nSPS) is 11.0. The van der Waals surface area contributed by atoms with Gasteiger partial charge in [-0.2, -0.15) is 0 Å². The van der Waals surface area contributed by atoms with E-state index in [0.29, 0.717) is 5.56 Å². The zero-order valence-corrected chi connectivity index (χ0v) is 15.7. The molecule has 1 heterocycles. The SMILES string of the molecule is CCc1ccc(Sc2ccc(-c3nc4ccc(C(N)=O)cc4[nH]3)cc2)cc1. The van der Waals surface area contributed by atoms with E-state index in [1.165, 1.54) is 15.4 Å². The lowest BCUT2D eigenvalue weighted by molar-refractivity contribution is 0.100. The molecule has 0 fully saturated rings. The molecule has 4 nitrogen and oxygen atoms in total. The van der Waals surface area contributed by atoms with Gasteiger partial charge >= 0.3 is 0 Å². The first-order valence-corrected chi connectivity index (χ1v) is 9.61. The number of benzene rings is 3. The summed E-state index contributed by atoms with van der Waals surface area (Å²) < 4.78 is 0. The molecule has 5 heteroatoms. The summed E-state index contributed by atoms with van der Waals surface area (Å²) in [4.78, 5) is 21.6. The van der Waals surface area contributed by atoms with Crippen LogP contribution in [0.2, 0.25) is 0 Å². The molecule has 0 saturated heterocycles. The monoisotopic (exact) mass is 373 g/mol. The molecule has 0 saturated carbocycles. The second-order valence-corrected chi connectivity index (χ2v) is 7.45. The maximum absolute atomic E-state index is 11.3. The molecule has 27 heavy (non-hydrogen) atoms. The molecule has 0 radical (unpaired) electrons. The fraction of sp³-hybridized carbons (Fsp3) is 0.0909. The van der Waals surface area contributed by atoms with Gasteiger partial charge in [0.2, 0.25) is 5.91 Å². The zero-order chi connectivity index (χ0) is 18.8. The molecule has 1 aromatic heterocycles. The van der Waals surface area contributed by atoms with Gasteiger partial charge in [0.15, 0.2) is 0 Å². The highest BCUT2D eigenvalue weighted by Crippen LogP contribution is 2.30. The molecule has 1 amide bonds. The fourth-order valence-electron chi connectivity index (χ4n) is 2.91. The number of primary amides is 1. The van der Waals surface area contributed by atoms with Crippen LogP contribution in [0.1, 0.15) is 22.8 Å². The number of imidazole rings is 1. The van der Waals surface area contributed by atoms with Crippen molar-refractivity contribution in [3.63, 3.8) is 0 Å². The maximum atomic E-state index is 11.3. The van der Waals surface area contributed by atoms with Crippen molar-refractivity contribution in [1.29, 1.82) is 0 Å². The number of fused-ring (bicyclic) bond motifs is 1. The van der Waals surface area contributed by atoms with Crippen molar-refractivity contribution in [3.05, 3.63) is 77.9 Å². The van der Waals surface area contributed by atoms with Crippen molar-refractivity contribution in [1.82, 2.24) is 9.97 Å². The van der Waals surface area contributed by atoms with Crippen LogP contribution in [0.25, 0.3) is 22.4 Å². The van der Waals surface area contributed by atoms with E-state index >= 15 is 0 Å². The molecule has 0 unspecified atom stereocenters. The third-order valence-corrected chi connectivity index (χ3v) is 5.48. The predicted octanol–water partition coefficient (Wildman–Crippen LogP) is 5.04. The van der Waals surface area contributed by atoms with E-state index in [1.54, 1.807) is 30.0 Å². The third kappa shape index (κ3) is 3.73. The van der Waals surface area contributed by atoms with Crippen LogP contribution in [0.15, 0.2) is 76.5 Å². The molecule has 3 aromatic carbocycles. The third-order valence-electron chi connectivity index (χ3n) is 4.46. The van der Waals surface area contributed by atoms with E-state index in [0.717, 1.165) is 28.8 Å². The molecule has 0 atom stereocenters. The highest BCUT2D eigenvalue weighted by Gasteiger charge is 2.08. The topological polar surface area (TPSA) is 71.8 Å². The van der Waals surface area contributed by atoms with E-state index in [1.807, 2.05) is 0 Å². The first-order chi connectivity index (χ1) is 13.1. The molecule has 4 aromatic rings. The van der Waals surface area contributed by atoms with Crippen molar-refractivity contribution < 1.29 is 4.79 Å². The number of rotatable bonds is 5. The summed E-state index contributed by atoms with van der Waals surface area (Å²) >= 11 is 1.74. The van der Waals surface area contributed by atoms with Crippen molar-refractivity contribution in [3.8, 4) is 11.4 Å². The van der Waals surface area contributed by atoms with E-state index < -0.39 is 5.91 Å². The fourth-order valence-corrected chi connectivity index (χ4v) is 3.73. The molecule has 134 valence electrons. The lowest BCUT2D eigenvalue weighted by Gasteiger charge is -2.04. The first kappa shape index (κ1) is 17.4. The summed E-state index contributed by atoms with van der Waals surface area (Å²) in [6.45, 7) is 2.16. The minimum Gasteiger partial charge on any atom is -0.366 e. The molecule has 3 N–H and O–H groups in total. The number of amides is 1. The second-order valence-electron chi connectivity index (χ2n) is 6.31. The van der Waals surface area contributed by atoms with Gasteiger partial charge in [-0.1, -0.05) is 43.0 Å². The Labute approximate surface area is 161 Å². The first-order valence-electron chi connectivity index (χ1n) is 8.79. The van der Waals surface area contributed by atoms with Gasteiger partial charge in [-0.25, -0.2) is 4.98 Å². The Hall–Kier alpha value is -3.05. The Bertz CT molecular complexity index is 1100. The molecule has 0 aliphatic heterocycles. The number of hydrogen-bond donors (Lipinski definition) is 2. The van der Waals surface area contributed by atoms with Gasteiger partial charge in [-0.15, -0.1) is 0 Å². The summed E-state index contributed by atoms with van der Waals surface area (Å²) in [6, 6.07) is 22.2. The van der Waals surface area contributed by atoms with Gasteiger partial charge in [0, 0.05) is 20.9 Å². The maximum Gasteiger partial charge on any atom is 0.248 e. The summed E-state index contributed by atoms with van der Waals surface area (Å²) in [6.07, 6.45) is 1.05. The van der Waals surface area contributed by atoms with Crippen LogP contribution >= 0.6 is 11.8 Å². The molecule has 4 rings (SSSR count). The highest BCUT2D eigenvalue weighted by molar-refractivity contribution is 7.99. The molecule has 0 spiro atoms.